The van der Waals surface area contributed by atoms with Crippen molar-refractivity contribution in [2.24, 2.45) is 5.11 Å². The molecule has 2 fully saturated rings. The molecule has 1 saturated heterocycles. The molecule has 1 amide bonds. The Bertz CT molecular complexity index is 292. The largest absolute Gasteiger partial charge is 0.336 e. The van der Waals surface area contributed by atoms with E-state index >= 15 is 0 Å². The first-order valence-electron chi connectivity index (χ1n) is 5.22. The predicted molar refractivity (Wildman–Crippen MR) is 59.6 cm³/mol. The van der Waals surface area contributed by atoms with E-state index in [0.29, 0.717) is 12.1 Å². The van der Waals surface area contributed by atoms with Crippen LogP contribution in [0.15, 0.2) is 5.11 Å². The fourth-order valence-electron chi connectivity index (χ4n) is 1.97. The number of hydrogen-bond donors (Lipinski definition) is 0. The highest BCUT2D eigenvalue weighted by Gasteiger charge is 2.37. The molecule has 5 nitrogen and oxygen atoms in total. The summed E-state index contributed by atoms with van der Waals surface area (Å²) in [4.78, 5) is 16.4. The molecular weight excluding hydrogens is 212 g/mol. The first-order chi connectivity index (χ1) is 7.33. The van der Waals surface area contributed by atoms with Crippen LogP contribution >= 0.6 is 11.8 Å². The number of hydrogen-bond acceptors (Lipinski definition) is 3. The van der Waals surface area contributed by atoms with E-state index in [2.05, 4.69) is 10.0 Å². The summed E-state index contributed by atoms with van der Waals surface area (Å²) in [5, 5.41) is 3.36. The summed E-state index contributed by atoms with van der Waals surface area (Å²) in [6, 6.07) is 0.805. The minimum Gasteiger partial charge on any atom is -0.336 e. The molecule has 2 aliphatic rings. The van der Waals surface area contributed by atoms with Crippen molar-refractivity contribution in [2.45, 2.75) is 31.3 Å². The number of amides is 1. The smallest absolute Gasteiger partial charge is 0.228 e. The Morgan fingerprint density at radius 2 is 2.27 bits per heavy atom. The van der Waals surface area contributed by atoms with Gasteiger partial charge >= 0.3 is 0 Å². The van der Waals surface area contributed by atoms with Crippen molar-refractivity contribution in [2.75, 3.05) is 18.1 Å². The van der Waals surface area contributed by atoms with Gasteiger partial charge < -0.3 is 4.90 Å². The first kappa shape index (κ1) is 10.6. The average Bonchev–Trinajstić information content (AvgIpc) is 2.91. The van der Waals surface area contributed by atoms with Gasteiger partial charge in [-0.05, 0) is 30.5 Å². The minimum atomic E-state index is -0.0197. The van der Waals surface area contributed by atoms with Crippen molar-refractivity contribution in [3.05, 3.63) is 10.4 Å². The van der Waals surface area contributed by atoms with E-state index in [-0.39, 0.29) is 12.5 Å². The first-order valence-corrected chi connectivity index (χ1v) is 6.38. The third-order valence-corrected chi connectivity index (χ3v) is 3.94. The van der Waals surface area contributed by atoms with Gasteiger partial charge in [-0.25, -0.2) is 0 Å². The monoisotopic (exact) mass is 226 g/mol. The molecule has 1 saturated carbocycles. The van der Waals surface area contributed by atoms with Crippen molar-refractivity contribution in [3.8, 4) is 0 Å². The number of nitrogens with zero attached hydrogens (tertiary/aromatic N) is 4. The maximum absolute atomic E-state index is 11.8. The van der Waals surface area contributed by atoms with Crippen LogP contribution in [-0.2, 0) is 4.79 Å². The summed E-state index contributed by atoms with van der Waals surface area (Å²) in [6.45, 7) is -0.0197. The van der Waals surface area contributed by atoms with Gasteiger partial charge in [0.05, 0.1) is 0 Å². The third-order valence-electron chi connectivity index (χ3n) is 2.80. The van der Waals surface area contributed by atoms with Gasteiger partial charge in [-0.3, -0.25) is 4.79 Å². The molecule has 15 heavy (non-hydrogen) atoms. The molecular formula is C9H14N4OS. The van der Waals surface area contributed by atoms with Crippen molar-refractivity contribution in [1.29, 1.82) is 0 Å². The van der Waals surface area contributed by atoms with Crippen molar-refractivity contribution in [1.82, 2.24) is 4.90 Å². The Kier molecular flexibility index (Phi) is 3.38. The molecule has 6 heteroatoms. The Morgan fingerprint density at radius 3 is 2.80 bits per heavy atom. The average molecular weight is 226 g/mol. The fourth-order valence-corrected chi connectivity index (χ4v) is 3.18. The quantitative estimate of drug-likeness (QED) is 0.416. The van der Waals surface area contributed by atoms with Gasteiger partial charge in [0.25, 0.3) is 0 Å². The van der Waals surface area contributed by atoms with Gasteiger partial charge in [0.1, 0.15) is 6.54 Å². The normalized spacial score (nSPS) is 24.7. The zero-order valence-electron chi connectivity index (χ0n) is 8.50. The molecule has 0 N–H and O–H groups in total. The topological polar surface area (TPSA) is 69.1 Å². The molecule has 1 aliphatic heterocycles. The van der Waals surface area contributed by atoms with Crippen LogP contribution in [0.5, 0.6) is 0 Å². The van der Waals surface area contributed by atoms with Crippen molar-refractivity contribution < 1.29 is 4.79 Å². The van der Waals surface area contributed by atoms with E-state index in [0.717, 1.165) is 30.8 Å². The van der Waals surface area contributed by atoms with Crippen LogP contribution in [-0.4, -0.2) is 40.9 Å². The molecule has 0 aromatic heterocycles. The summed E-state index contributed by atoms with van der Waals surface area (Å²) < 4.78 is 0. The molecule has 2 rings (SSSR count). The van der Waals surface area contributed by atoms with Crippen LogP contribution in [0.4, 0.5) is 0 Å². The lowest BCUT2D eigenvalue weighted by atomic mass is 10.2. The maximum atomic E-state index is 11.8. The van der Waals surface area contributed by atoms with E-state index in [1.807, 2.05) is 16.7 Å². The number of rotatable bonds is 4. The highest BCUT2D eigenvalue weighted by molar-refractivity contribution is 7.99. The molecule has 0 unspecified atom stereocenters. The molecule has 1 heterocycles. The second-order valence-electron chi connectivity index (χ2n) is 3.94. The lowest BCUT2D eigenvalue weighted by Gasteiger charge is -2.28. The SMILES string of the molecule is [N-]=[N+]=NCC(=O)N(C1CC1)[C@@H]1CCSC1. The van der Waals surface area contributed by atoms with Crippen LogP contribution in [0.25, 0.3) is 10.4 Å². The highest BCUT2D eigenvalue weighted by atomic mass is 32.2. The fraction of sp³-hybridized carbons (Fsp3) is 0.889. The standard InChI is InChI=1S/C9H14N4OS/c10-12-11-5-9(14)13(7-1-2-7)8-3-4-15-6-8/h7-8H,1-6H2/t8-/m1/s1. The minimum absolute atomic E-state index is 0.00259. The Hall–Kier alpha value is -0.870. The van der Waals surface area contributed by atoms with Crippen LogP contribution < -0.4 is 0 Å². The maximum Gasteiger partial charge on any atom is 0.228 e. The summed E-state index contributed by atoms with van der Waals surface area (Å²) in [5.41, 5.74) is 8.20. The number of carbonyl (C=O) groups is 1. The van der Waals surface area contributed by atoms with E-state index < -0.39 is 0 Å². The summed E-state index contributed by atoms with van der Waals surface area (Å²) >= 11 is 1.90. The van der Waals surface area contributed by atoms with Crippen LogP contribution in [0.2, 0.25) is 0 Å². The Balaban J connectivity index is 1.98. The number of carbonyl (C=O) groups excluding carboxylic acids is 1. The van der Waals surface area contributed by atoms with Crippen molar-refractivity contribution in [3.63, 3.8) is 0 Å². The third kappa shape index (κ3) is 2.58. The van der Waals surface area contributed by atoms with Crippen molar-refractivity contribution >= 4 is 17.7 Å². The van der Waals surface area contributed by atoms with Crippen LogP contribution in [0.1, 0.15) is 19.3 Å². The van der Waals surface area contributed by atoms with Crippen LogP contribution in [0, 0.1) is 0 Å². The van der Waals surface area contributed by atoms with Gasteiger partial charge in [0.2, 0.25) is 5.91 Å². The number of azide groups is 1. The zero-order chi connectivity index (χ0) is 10.7. The van der Waals surface area contributed by atoms with Gasteiger partial charge in [-0.15, -0.1) is 0 Å². The lowest BCUT2D eigenvalue weighted by Crippen LogP contribution is -2.43. The highest BCUT2D eigenvalue weighted by Crippen LogP contribution is 2.33. The van der Waals surface area contributed by atoms with E-state index in [9.17, 15) is 4.79 Å². The summed E-state index contributed by atoms with van der Waals surface area (Å²) in [6.07, 6.45) is 3.32. The Morgan fingerprint density at radius 1 is 1.47 bits per heavy atom. The molecule has 0 spiro atoms. The van der Waals surface area contributed by atoms with Gasteiger partial charge in [0, 0.05) is 22.7 Å². The Labute approximate surface area is 92.8 Å². The second-order valence-corrected chi connectivity index (χ2v) is 5.09. The summed E-state index contributed by atoms with van der Waals surface area (Å²) in [7, 11) is 0. The molecule has 1 aliphatic carbocycles. The lowest BCUT2D eigenvalue weighted by molar-refractivity contribution is -0.132. The predicted octanol–water partition coefficient (Wildman–Crippen LogP) is 1.79. The van der Waals surface area contributed by atoms with E-state index in [1.165, 1.54) is 0 Å². The van der Waals surface area contributed by atoms with Gasteiger partial charge in [-0.1, -0.05) is 5.11 Å². The second kappa shape index (κ2) is 4.77. The van der Waals surface area contributed by atoms with Gasteiger partial charge in [0.15, 0.2) is 0 Å². The molecule has 1 atom stereocenters. The molecule has 0 aromatic carbocycles. The molecule has 0 radical (unpaired) electrons. The zero-order valence-corrected chi connectivity index (χ0v) is 9.32. The molecule has 82 valence electrons. The number of thioether (sulfide) groups is 1. The van der Waals surface area contributed by atoms with Gasteiger partial charge in [-0.2, -0.15) is 11.8 Å². The molecule has 0 aromatic rings. The molecule has 0 bridgehead atoms. The van der Waals surface area contributed by atoms with E-state index in [1.54, 1.807) is 0 Å². The summed E-state index contributed by atoms with van der Waals surface area (Å²) in [5.74, 6) is 2.18. The van der Waals surface area contributed by atoms with E-state index in [4.69, 9.17) is 5.53 Å². The van der Waals surface area contributed by atoms with Crippen LogP contribution in [0.3, 0.4) is 0 Å².